The molecule has 0 aliphatic heterocycles. The summed E-state index contributed by atoms with van der Waals surface area (Å²) in [7, 11) is 1.94. The lowest BCUT2D eigenvalue weighted by Crippen LogP contribution is -2.01. The molecule has 84 valence electrons. The van der Waals surface area contributed by atoms with Crippen LogP contribution in [0.4, 0.5) is 5.69 Å². The lowest BCUT2D eigenvalue weighted by molar-refractivity contribution is 0.740. The Morgan fingerprint density at radius 2 is 2.12 bits per heavy atom. The maximum absolute atomic E-state index is 4.19. The topological polar surface area (TPSA) is 29.9 Å². The Kier molecular flexibility index (Phi) is 3.29. The molecule has 1 N–H and O–H groups in total. The van der Waals surface area contributed by atoms with E-state index < -0.39 is 0 Å². The van der Waals surface area contributed by atoms with Crippen molar-refractivity contribution in [3.63, 3.8) is 0 Å². The van der Waals surface area contributed by atoms with Crippen molar-refractivity contribution in [1.29, 1.82) is 0 Å². The Hall–Kier alpha value is -1.29. The first kappa shape index (κ1) is 11.2. The summed E-state index contributed by atoms with van der Waals surface area (Å²) in [6, 6.07) is 8.21. The van der Waals surface area contributed by atoms with Crippen LogP contribution < -0.4 is 5.32 Å². The molecule has 16 heavy (non-hydrogen) atoms. The summed E-state index contributed by atoms with van der Waals surface area (Å²) in [5, 5.41) is 7.57. The number of hydrogen-bond donors (Lipinski definition) is 1. The van der Waals surface area contributed by atoms with Gasteiger partial charge in [-0.25, -0.2) is 0 Å². The van der Waals surface area contributed by atoms with E-state index in [2.05, 4.69) is 39.3 Å². The molecule has 2 aromatic rings. The second kappa shape index (κ2) is 4.70. The predicted molar refractivity (Wildman–Crippen MR) is 69.4 cm³/mol. The Morgan fingerprint density at radius 1 is 1.38 bits per heavy atom. The van der Waals surface area contributed by atoms with Crippen molar-refractivity contribution in [3.05, 3.63) is 46.2 Å². The number of anilines is 1. The van der Waals surface area contributed by atoms with Crippen molar-refractivity contribution in [3.8, 4) is 0 Å². The smallest absolute Gasteiger partial charge is 0.0758 e. The van der Waals surface area contributed by atoms with Crippen molar-refractivity contribution in [2.24, 2.45) is 7.05 Å². The van der Waals surface area contributed by atoms with E-state index >= 15 is 0 Å². The SMILES string of the molecule is Cc1c(NCc2ccccc2Br)cnn1C. The molecule has 0 aliphatic carbocycles. The second-order valence-corrected chi connectivity index (χ2v) is 4.57. The first-order valence-corrected chi connectivity index (χ1v) is 5.93. The van der Waals surface area contributed by atoms with Gasteiger partial charge in [0, 0.05) is 18.1 Å². The minimum Gasteiger partial charge on any atom is -0.378 e. The number of nitrogens with one attached hydrogen (secondary N) is 1. The second-order valence-electron chi connectivity index (χ2n) is 3.71. The first-order valence-electron chi connectivity index (χ1n) is 5.14. The molecule has 4 heteroatoms. The lowest BCUT2D eigenvalue weighted by Gasteiger charge is -2.07. The van der Waals surface area contributed by atoms with Crippen LogP contribution in [0.1, 0.15) is 11.3 Å². The Balaban J connectivity index is 2.08. The third-order valence-electron chi connectivity index (χ3n) is 2.66. The van der Waals surface area contributed by atoms with Crippen LogP contribution in [-0.2, 0) is 13.6 Å². The van der Waals surface area contributed by atoms with Crippen LogP contribution in [-0.4, -0.2) is 9.78 Å². The third-order valence-corrected chi connectivity index (χ3v) is 3.44. The van der Waals surface area contributed by atoms with Gasteiger partial charge >= 0.3 is 0 Å². The summed E-state index contributed by atoms with van der Waals surface area (Å²) in [4.78, 5) is 0. The maximum atomic E-state index is 4.19. The first-order chi connectivity index (χ1) is 7.68. The number of hydrogen-bond acceptors (Lipinski definition) is 2. The van der Waals surface area contributed by atoms with Gasteiger partial charge in [-0.1, -0.05) is 34.1 Å². The number of nitrogens with zero attached hydrogens (tertiary/aromatic N) is 2. The lowest BCUT2D eigenvalue weighted by atomic mass is 10.2. The zero-order valence-electron chi connectivity index (χ0n) is 9.37. The van der Waals surface area contributed by atoms with Crippen LogP contribution in [0.3, 0.4) is 0 Å². The third kappa shape index (κ3) is 2.27. The van der Waals surface area contributed by atoms with E-state index in [4.69, 9.17) is 0 Å². The highest BCUT2D eigenvalue weighted by molar-refractivity contribution is 9.10. The molecule has 0 fully saturated rings. The van der Waals surface area contributed by atoms with Crippen LogP contribution >= 0.6 is 15.9 Å². The fourth-order valence-corrected chi connectivity index (χ4v) is 1.93. The van der Waals surface area contributed by atoms with Crippen LogP contribution in [0.25, 0.3) is 0 Å². The summed E-state index contributed by atoms with van der Waals surface area (Å²) < 4.78 is 2.99. The van der Waals surface area contributed by atoms with Crippen molar-refractivity contribution in [2.45, 2.75) is 13.5 Å². The maximum Gasteiger partial charge on any atom is 0.0758 e. The van der Waals surface area contributed by atoms with E-state index in [0.717, 1.165) is 22.4 Å². The summed E-state index contributed by atoms with van der Waals surface area (Å²) in [6.07, 6.45) is 1.85. The van der Waals surface area contributed by atoms with Gasteiger partial charge in [0.2, 0.25) is 0 Å². The van der Waals surface area contributed by atoms with Crippen molar-refractivity contribution in [2.75, 3.05) is 5.32 Å². The van der Waals surface area contributed by atoms with Crippen molar-refractivity contribution < 1.29 is 0 Å². The molecule has 0 saturated heterocycles. The summed E-state index contributed by atoms with van der Waals surface area (Å²) in [5.74, 6) is 0. The van der Waals surface area contributed by atoms with Crippen molar-refractivity contribution >= 4 is 21.6 Å². The van der Waals surface area contributed by atoms with Crippen molar-refractivity contribution in [1.82, 2.24) is 9.78 Å². The monoisotopic (exact) mass is 279 g/mol. The van der Waals surface area contributed by atoms with E-state index in [1.165, 1.54) is 5.56 Å². The zero-order chi connectivity index (χ0) is 11.5. The zero-order valence-corrected chi connectivity index (χ0v) is 11.0. The van der Waals surface area contributed by atoms with Crippen LogP contribution in [0.5, 0.6) is 0 Å². The van der Waals surface area contributed by atoms with Gasteiger partial charge in [0.1, 0.15) is 0 Å². The molecule has 1 heterocycles. The molecule has 0 unspecified atom stereocenters. The molecule has 0 radical (unpaired) electrons. The number of aryl methyl sites for hydroxylation is 1. The predicted octanol–water partition coefficient (Wildman–Crippen LogP) is 3.10. The molecule has 0 atom stereocenters. The molecular weight excluding hydrogens is 266 g/mol. The van der Waals surface area contributed by atoms with Gasteiger partial charge in [0.15, 0.2) is 0 Å². The molecule has 1 aromatic carbocycles. The average molecular weight is 280 g/mol. The molecule has 1 aromatic heterocycles. The van der Waals surface area contributed by atoms with E-state index in [1.54, 1.807) is 0 Å². The molecule has 0 spiro atoms. The van der Waals surface area contributed by atoms with Gasteiger partial charge in [0.05, 0.1) is 17.6 Å². The van der Waals surface area contributed by atoms with Crippen LogP contribution in [0, 0.1) is 6.92 Å². The number of halogens is 1. The molecule has 2 rings (SSSR count). The largest absolute Gasteiger partial charge is 0.378 e. The van der Waals surface area contributed by atoms with Crippen LogP contribution in [0.15, 0.2) is 34.9 Å². The fourth-order valence-electron chi connectivity index (χ4n) is 1.50. The normalized spacial score (nSPS) is 10.4. The van der Waals surface area contributed by atoms with Gasteiger partial charge in [-0.3, -0.25) is 4.68 Å². The molecular formula is C12H14BrN3. The molecule has 0 aliphatic rings. The molecule has 0 saturated carbocycles. The Labute approximate surface area is 104 Å². The Morgan fingerprint density at radius 3 is 2.75 bits per heavy atom. The number of aromatic nitrogens is 2. The summed E-state index contributed by atoms with van der Waals surface area (Å²) in [5.41, 5.74) is 3.47. The highest BCUT2D eigenvalue weighted by Gasteiger charge is 2.03. The van der Waals surface area contributed by atoms with E-state index in [9.17, 15) is 0 Å². The van der Waals surface area contributed by atoms with E-state index in [-0.39, 0.29) is 0 Å². The van der Waals surface area contributed by atoms with E-state index in [0.29, 0.717) is 0 Å². The summed E-state index contributed by atoms with van der Waals surface area (Å²) in [6.45, 7) is 2.85. The van der Waals surface area contributed by atoms with Gasteiger partial charge in [-0.15, -0.1) is 0 Å². The minimum absolute atomic E-state index is 0.800. The van der Waals surface area contributed by atoms with Gasteiger partial charge in [0.25, 0.3) is 0 Å². The summed E-state index contributed by atoms with van der Waals surface area (Å²) >= 11 is 3.53. The van der Waals surface area contributed by atoms with Gasteiger partial charge in [-0.05, 0) is 18.6 Å². The quantitative estimate of drug-likeness (QED) is 0.936. The van der Waals surface area contributed by atoms with E-state index in [1.807, 2.05) is 36.1 Å². The molecule has 0 bridgehead atoms. The molecule has 0 amide bonds. The Bertz CT molecular complexity index is 491. The number of benzene rings is 1. The van der Waals surface area contributed by atoms with Gasteiger partial charge < -0.3 is 5.32 Å². The molecule has 3 nitrogen and oxygen atoms in total. The minimum atomic E-state index is 0.800. The average Bonchev–Trinajstić information content (AvgIpc) is 2.59. The highest BCUT2D eigenvalue weighted by atomic mass is 79.9. The highest BCUT2D eigenvalue weighted by Crippen LogP contribution is 2.18. The van der Waals surface area contributed by atoms with Gasteiger partial charge in [-0.2, -0.15) is 5.10 Å². The fraction of sp³-hybridized carbons (Fsp3) is 0.250. The standard InChI is InChI=1S/C12H14BrN3/c1-9-12(8-15-16(9)2)14-7-10-5-3-4-6-11(10)13/h3-6,8,14H,7H2,1-2H3. The number of rotatable bonds is 3. The van der Waals surface area contributed by atoms with Crippen LogP contribution in [0.2, 0.25) is 0 Å².